The molecule has 2 amide bonds. The summed E-state index contributed by atoms with van der Waals surface area (Å²) in [6.07, 6.45) is 0. The van der Waals surface area contributed by atoms with E-state index in [-0.39, 0.29) is 24.1 Å². The van der Waals surface area contributed by atoms with Crippen LogP contribution in [0.1, 0.15) is 13.8 Å². The maximum absolute atomic E-state index is 12.0. The molecule has 0 aromatic carbocycles. The number of hydrogen-bond donors (Lipinski definition) is 1. The van der Waals surface area contributed by atoms with E-state index in [2.05, 4.69) is 5.32 Å². The number of alkyl halides is 1. The maximum Gasteiger partial charge on any atom is 0.244 e. The minimum atomic E-state index is -3.64. The highest BCUT2D eigenvalue weighted by Crippen LogP contribution is 2.14. The molecule has 1 saturated heterocycles. The maximum atomic E-state index is 12.0. The Hall–Kier alpha value is -0.660. The topological polar surface area (TPSA) is 83.6 Å². The van der Waals surface area contributed by atoms with E-state index in [1.807, 2.05) is 0 Å². The summed E-state index contributed by atoms with van der Waals surface area (Å²) in [5.74, 6) is -1.38. The van der Waals surface area contributed by atoms with Crippen molar-refractivity contribution in [2.75, 3.05) is 18.2 Å². The minimum Gasteiger partial charge on any atom is -0.294 e. The largest absolute Gasteiger partial charge is 0.294 e. The van der Waals surface area contributed by atoms with Crippen LogP contribution in [0.15, 0.2) is 0 Å². The SMILES string of the molecule is CC(CCl)CS(=O)(=O)N1CC(=O)NC(=O)C1C. The Kier molecular flexibility index (Phi) is 4.51. The first kappa shape index (κ1) is 14.4. The van der Waals surface area contributed by atoms with E-state index in [1.54, 1.807) is 6.92 Å². The first-order valence-electron chi connectivity index (χ1n) is 5.17. The summed E-state index contributed by atoms with van der Waals surface area (Å²) in [5, 5.41) is 2.09. The van der Waals surface area contributed by atoms with Gasteiger partial charge in [-0.15, -0.1) is 11.6 Å². The zero-order valence-corrected chi connectivity index (χ0v) is 11.2. The number of nitrogens with one attached hydrogen (secondary N) is 1. The van der Waals surface area contributed by atoms with Gasteiger partial charge in [-0.2, -0.15) is 4.31 Å². The molecule has 1 N–H and O–H groups in total. The number of nitrogens with zero attached hydrogens (tertiary/aromatic N) is 1. The van der Waals surface area contributed by atoms with Gasteiger partial charge in [-0.1, -0.05) is 6.92 Å². The number of sulfonamides is 1. The minimum absolute atomic E-state index is 0.165. The first-order valence-corrected chi connectivity index (χ1v) is 7.31. The smallest absolute Gasteiger partial charge is 0.244 e. The fourth-order valence-corrected chi connectivity index (χ4v) is 3.69. The second kappa shape index (κ2) is 5.32. The predicted molar refractivity (Wildman–Crippen MR) is 63.0 cm³/mol. The van der Waals surface area contributed by atoms with Gasteiger partial charge in [0.2, 0.25) is 21.8 Å². The summed E-state index contributed by atoms with van der Waals surface area (Å²) >= 11 is 5.56. The molecular weight excluding hydrogens is 268 g/mol. The van der Waals surface area contributed by atoms with Crippen LogP contribution < -0.4 is 5.32 Å². The van der Waals surface area contributed by atoms with Gasteiger partial charge in [0.15, 0.2) is 0 Å². The molecule has 2 unspecified atom stereocenters. The molecule has 0 aromatic rings. The van der Waals surface area contributed by atoms with Gasteiger partial charge in [0, 0.05) is 5.88 Å². The monoisotopic (exact) mass is 282 g/mol. The molecule has 1 aliphatic heterocycles. The zero-order chi connectivity index (χ0) is 13.2. The van der Waals surface area contributed by atoms with Crippen LogP contribution in [0.4, 0.5) is 0 Å². The van der Waals surface area contributed by atoms with E-state index in [4.69, 9.17) is 11.6 Å². The van der Waals surface area contributed by atoms with Gasteiger partial charge in [-0.3, -0.25) is 14.9 Å². The molecule has 0 aromatic heterocycles. The molecule has 0 bridgehead atoms. The molecule has 1 rings (SSSR count). The molecule has 1 heterocycles. The summed E-state index contributed by atoms with van der Waals surface area (Å²) in [6, 6.07) is -0.861. The molecule has 2 atom stereocenters. The average Bonchev–Trinajstić information content (AvgIpc) is 2.22. The summed E-state index contributed by atoms with van der Waals surface area (Å²) in [7, 11) is -3.64. The van der Waals surface area contributed by atoms with Crippen LogP contribution in [-0.4, -0.2) is 48.8 Å². The third-order valence-corrected chi connectivity index (χ3v) is 5.17. The third kappa shape index (κ3) is 3.40. The van der Waals surface area contributed by atoms with Crippen molar-refractivity contribution in [2.24, 2.45) is 5.92 Å². The molecule has 1 fully saturated rings. The first-order chi connectivity index (χ1) is 7.77. The van der Waals surface area contributed by atoms with Crippen LogP contribution >= 0.6 is 11.6 Å². The van der Waals surface area contributed by atoms with Gasteiger partial charge in [0.05, 0.1) is 12.3 Å². The van der Waals surface area contributed by atoms with E-state index in [0.29, 0.717) is 0 Å². The molecule has 1 aliphatic rings. The average molecular weight is 283 g/mol. The lowest BCUT2D eigenvalue weighted by molar-refractivity contribution is -0.136. The molecule has 98 valence electrons. The van der Waals surface area contributed by atoms with Crippen molar-refractivity contribution in [3.8, 4) is 0 Å². The molecular formula is C9H15ClN2O4S. The number of imide groups is 1. The molecule has 6 nitrogen and oxygen atoms in total. The Morgan fingerprint density at radius 3 is 2.65 bits per heavy atom. The van der Waals surface area contributed by atoms with Crippen LogP contribution in [0.3, 0.4) is 0 Å². The van der Waals surface area contributed by atoms with Crippen molar-refractivity contribution < 1.29 is 18.0 Å². The van der Waals surface area contributed by atoms with Crippen molar-refractivity contribution in [2.45, 2.75) is 19.9 Å². The number of piperazine rings is 1. The number of carbonyl (C=O) groups excluding carboxylic acids is 2. The highest BCUT2D eigenvalue weighted by Gasteiger charge is 2.38. The van der Waals surface area contributed by atoms with Crippen LogP contribution in [0.5, 0.6) is 0 Å². The van der Waals surface area contributed by atoms with Crippen molar-refractivity contribution in [3.05, 3.63) is 0 Å². The third-order valence-electron chi connectivity index (χ3n) is 2.49. The molecule has 17 heavy (non-hydrogen) atoms. The molecule has 0 spiro atoms. The van der Waals surface area contributed by atoms with Crippen LogP contribution in [-0.2, 0) is 19.6 Å². The summed E-state index contributed by atoms with van der Waals surface area (Å²) in [5.41, 5.74) is 0. The Labute approximate surface area is 105 Å². The summed E-state index contributed by atoms with van der Waals surface area (Å²) < 4.78 is 24.9. The van der Waals surface area contributed by atoms with Crippen molar-refractivity contribution in [3.63, 3.8) is 0 Å². The lowest BCUT2D eigenvalue weighted by atomic mass is 10.2. The van der Waals surface area contributed by atoms with Gasteiger partial charge < -0.3 is 0 Å². The van der Waals surface area contributed by atoms with E-state index in [9.17, 15) is 18.0 Å². The lowest BCUT2D eigenvalue weighted by Gasteiger charge is -2.31. The van der Waals surface area contributed by atoms with Gasteiger partial charge in [0.1, 0.15) is 6.04 Å². The standard InChI is InChI=1S/C9H15ClN2O4S/c1-6(3-10)5-17(15,16)12-4-8(13)11-9(14)7(12)2/h6-7H,3-5H2,1-2H3,(H,11,13,14). The van der Waals surface area contributed by atoms with Crippen LogP contribution in [0, 0.1) is 5.92 Å². The number of rotatable bonds is 4. The lowest BCUT2D eigenvalue weighted by Crippen LogP contribution is -2.59. The fraction of sp³-hybridized carbons (Fsp3) is 0.778. The Morgan fingerprint density at radius 1 is 1.53 bits per heavy atom. The van der Waals surface area contributed by atoms with Gasteiger partial charge in [0.25, 0.3) is 0 Å². The quantitative estimate of drug-likeness (QED) is 0.559. The second-order valence-corrected chi connectivity index (χ2v) is 6.45. The highest BCUT2D eigenvalue weighted by atomic mass is 35.5. The van der Waals surface area contributed by atoms with Crippen LogP contribution in [0.25, 0.3) is 0 Å². The summed E-state index contributed by atoms with van der Waals surface area (Å²) in [4.78, 5) is 22.5. The molecule has 0 radical (unpaired) electrons. The van der Waals surface area contributed by atoms with E-state index in [0.717, 1.165) is 4.31 Å². The predicted octanol–water partition coefficient (Wildman–Crippen LogP) is -0.462. The van der Waals surface area contributed by atoms with Crippen molar-refractivity contribution in [1.29, 1.82) is 0 Å². The molecule has 0 saturated carbocycles. The molecule has 8 heteroatoms. The number of hydrogen-bond acceptors (Lipinski definition) is 4. The van der Waals surface area contributed by atoms with E-state index in [1.165, 1.54) is 6.92 Å². The normalized spacial score (nSPS) is 24.5. The number of halogens is 1. The van der Waals surface area contributed by atoms with Gasteiger partial charge >= 0.3 is 0 Å². The van der Waals surface area contributed by atoms with Crippen molar-refractivity contribution >= 4 is 33.4 Å². The van der Waals surface area contributed by atoms with Gasteiger partial charge in [-0.05, 0) is 12.8 Å². The molecule has 0 aliphatic carbocycles. The Morgan fingerprint density at radius 2 is 2.12 bits per heavy atom. The highest BCUT2D eigenvalue weighted by molar-refractivity contribution is 7.89. The fourth-order valence-electron chi connectivity index (χ4n) is 1.53. The number of amides is 2. The second-order valence-electron chi connectivity index (χ2n) is 4.17. The van der Waals surface area contributed by atoms with E-state index >= 15 is 0 Å². The summed E-state index contributed by atoms with van der Waals surface area (Å²) in [6.45, 7) is 2.83. The Balaban J connectivity index is 2.89. The van der Waals surface area contributed by atoms with Crippen LogP contribution in [0.2, 0.25) is 0 Å². The van der Waals surface area contributed by atoms with Crippen molar-refractivity contribution in [1.82, 2.24) is 9.62 Å². The number of carbonyl (C=O) groups is 2. The zero-order valence-electron chi connectivity index (χ0n) is 9.64. The Bertz CT molecular complexity index is 423. The van der Waals surface area contributed by atoms with E-state index < -0.39 is 27.9 Å². The van der Waals surface area contributed by atoms with Gasteiger partial charge in [-0.25, -0.2) is 8.42 Å².